The van der Waals surface area contributed by atoms with E-state index >= 15 is 0 Å². The summed E-state index contributed by atoms with van der Waals surface area (Å²) in [7, 11) is 0. The first-order valence-corrected chi connectivity index (χ1v) is 5.51. The highest BCUT2D eigenvalue weighted by Gasteiger charge is 2.57. The van der Waals surface area contributed by atoms with Gasteiger partial charge in [0.25, 0.3) is 0 Å². The van der Waals surface area contributed by atoms with E-state index in [1.54, 1.807) is 0 Å². The summed E-state index contributed by atoms with van der Waals surface area (Å²) < 4.78 is 0. The maximum atomic E-state index is 11.2. The first-order chi connectivity index (χ1) is 6.69. The maximum absolute atomic E-state index is 11.2. The van der Waals surface area contributed by atoms with E-state index in [0.717, 1.165) is 19.3 Å². The zero-order valence-corrected chi connectivity index (χ0v) is 9.05. The predicted molar refractivity (Wildman–Crippen MR) is 58.0 cm³/mol. The van der Waals surface area contributed by atoms with Crippen LogP contribution in [0.25, 0.3) is 0 Å². The number of allylic oxidation sites excluding steroid dienone is 4. The fraction of sp³-hybridized carbons (Fsp3) is 0.615. The number of hydrogen-bond donors (Lipinski definition) is 0. The van der Waals surface area contributed by atoms with Crippen LogP contribution in [-0.4, -0.2) is 5.78 Å². The van der Waals surface area contributed by atoms with Crippen LogP contribution in [0.4, 0.5) is 0 Å². The van der Waals surface area contributed by atoms with E-state index in [2.05, 4.69) is 25.2 Å². The van der Waals surface area contributed by atoms with Gasteiger partial charge in [0.15, 0.2) is 0 Å². The number of fused-ring (bicyclic) bond motifs is 1. The number of ketones is 1. The van der Waals surface area contributed by atoms with Gasteiger partial charge in [-0.25, -0.2) is 0 Å². The Balaban J connectivity index is 2.10. The molecule has 2 unspecified atom stereocenters. The van der Waals surface area contributed by atoms with Gasteiger partial charge in [0, 0.05) is 12.8 Å². The highest BCUT2D eigenvalue weighted by atomic mass is 16.1. The minimum absolute atomic E-state index is 0.424. The molecule has 0 aliphatic heterocycles. The van der Waals surface area contributed by atoms with Crippen molar-refractivity contribution in [2.45, 2.75) is 39.5 Å². The fourth-order valence-corrected chi connectivity index (χ4v) is 2.78. The topological polar surface area (TPSA) is 17.1 Å². The van der Waals surface area contributed by atoms with Gasteiger partial charge in [-0.3, -0.25) is 4.79 Å². The molecular weight excluding hydrogens is 172 g/mol. The quantitative estimate of drug-likeness (QED) is 0.611. The lowest BCUT2D eigenvalue weighted by molar-refractivity contribution is -0.120. The summed E-state index contributed by atoms with van der Waals surface area (Å²) in [5, 5.41) is 0. The average Bonchev–Trinajstić information content (AvgIpc) is 2.88. The van der Waals surface area contributed by atoms with Crippen LogP contribution in [0.1, 0.15) is 39.5 Å². The predicted octanol–water partition coefficient (Wildman–Crippen LogP) is 3.27. The van der Waals surface area contributed by atoms with Gasteiger partial charge in [0.05, 0.1) is 0 Å². The summed E-state index contributed by atoms with van der Waals surface area (Å²) in [5.41, 5.74) is 1.90. The molecule has 0 aromatic rings. The normalized spacial score (nSPS) is 37.4. The smallest absolute Gasteiger partial charge is 0.133 e. The summed E-state index contributed by atoms with van der Waals surface area (Å²) in [5.74, 6) is 1.15. The summed E-state index contributed by atoms with van der Waals surface area (Å²) in [6.07, 6.45) is 10.4. The Morgan fingerprint density at radius 3 is 3.00 bits per heavy atom. The molecule has 2 aliphatic rings. The minimum Gasteiger partial charge on any atom is -0.300 e. The van der Waals surface area contributed by atoms with E-state index < -0.39 is 0 Å². The first kappa shape index (κ1) is 9.70. The molecule has 0 N–H and O–H groups in total. The van der Waals surface area contributed by atoms with E-state index in [-0.39, 0.29) is 0 Å². The second-order valence-electron chi connectivity index (χ2n) is 4.68. The monoisotopic (exact) mass is 190 g/mol. The lowest BCUT2D eigenvalue weighted by Crippen LogP contribution is -2.16. The molecule has 1 heteroatoms. The van der Waals surface area contributed by atoms with Crippen molar-refractivity contribution in [3.63, 3.8) is 0 Å². The Bertz CT molecular complexity index is 311. The molecule has 0 amide bonds. The Kier molecular flexibility index (Phi) is 2.34. The van der Waals surface area contributed by atoms with E-state index in [4.69, 9.17) is 0 Å². The van der Waals surface area contributed by atoms with Gasteiger partial charge in [0.1, 0.15) is 5.78 Å². The molecule has 14 heavy (non-hydrogen) atoms. The van der Waals surface area contributed by atoms with Gasteiger partial charge in [-0.1, -0.05) is 23.8 Å². The molecule has 0 spiro atoms. The molecule has 2 atom stereocenters. The second-order valence-corrected chi connectivity index (χ2v) is 4.68. The van der Waals surface area contributed by atoms with Gasteiger partial charge in [-0.05, 0) is 38.0 Å². The molecule has 0 bridgehead atoms. The van der Waals surface area contributed by atoms with Gasteiger partial charge < -0.3 is 0 Å². The van der Waals surface area contributed by atoms with Gasteiger partial charge >= 0.3 is 0 Å². The van der Waals surface area contributed by atoms with Crippen molar-refractivity contribution in [2.75, 3.05) is 0 Å². The number of Topliss-reactive ketones (excluding diaryl/α,β-unsaturated/α-hetero) is 1. The highest BCUT2D eigenvalue weighted by Crippen LogP contribution is 2.64. The lowest BCUT2D eigenvalue weighted by Gasteiger charge is -2.21. The number of carbonyl (C=O) groups is 1. The summed E-state index contributed by atoms with van der Waals surface area (Å²) >= 11 is 0. The van der Waals surface area contributed by atoms with Gasteiger partial charge in [0.2, 0.25) is 0 Å². The zero-order chi connectivity index (χ0) is 10.2. The second kappa shape index (κ2) is 3.38. The summed E-state index contributed by atoms with van der Waals surface area (Å²) in [6, 6.07) is 0. The Hall–Kier alpha value is -0.850. The molecule has 0 aromatic heterocycles. The SMILES string of the molecule is C/C=C\C=C(/C)C12CCC(=O)CC1C2. The molecule has 0 aromatic carbocycles. The zero-order valence-electron chi connectivity index (χ0n) is 9.05. The minimum atomic E-state index is 0.424. The van der Waals surface area contributed by atoms with Gasteiger partial charge in [-0.15, -0.1) is 0 Å². The van der Waals surface area contributed by atoms with Crippen molar-refractivity contribution in [1.82, 2.24) is 0 Å². The molecule has 2 rings (SSSR count). The van der Waals surface area contributed by atoms with Gasteiger partial charge in [-0.2, -0.15) is 0 Å². The van der Waals surface area contributed by atoms with Crippen LogP contribution in [0.3, 0.4) is 0 Å². The molecule has 2 saturated carbocycles. The molecule has 2 aliphatic carbocycles. The van der Waals surface area contributed by atoms with Crippen LogP contribution in [0.5, 0.6) is 0 Å². The van der Waals surface area contributed by atoms with Crippen LogP contribution in [0.15, 0.2) is 23.8 Å². The third-order valence-corrected chi connectivity index (χ3v) is 3.88. The standard InChI is InChI=1S/C13H18O/c1-3-4-5-10(2)13-7-6-12(14)8-11(13)9-13/h3-5,11H,6-9H2,1-2H3/b4-3-,10-5+. The van der Waals surface area contributed by atoms with Crippen LogP contribution in [0.2, 0.25) is 0 Å². The molecule has 1 nitrogen and oxygen atoms in total. The molecular formula is C13H18O. The van der Waals surface area contributed by atoms with E-state index in [1.165, 1.54) is 12.0 Å². The Morgan fingerprint density at radius 1 is 1.57 bits per heavy atom. The number of carbonyl (C=O) groups excluding carboxylic acids is 1. The van der Waals surface area contributed by atoms with Crippen LogP contribution in [-0.2, 0) is 4.79 Å². The lowest BCUT2D eigenvalue weighted by atomic mass is 9.82. The fourth-order valence-electron chi connectivity index (χ4n) is 2.78. The molecule has 0 saturated heterocycles. The Morgan fingerprint density at radius 2 is 2.36 bits per heavy atom. The maximum Gasteiger partial charge on any atom is 0.133 e. The van der Waals surface area contributed by atoms with Crippen LogP contribution >= 0.6 is 0 Å². The number of hydrogen-bond acceptors (Lipinski definition) is 1. The van der Waals surface area contributed by atoms with Crippen molar-refractivity contribution in [1.29, 1.82) is 0 Å². The third-order valence-electron chi connectivity index (χ3n) is 3.88. The summed E-state index contributed by atoms with van der Waals surface area (Å²) in [4.78, 5) is 11.2. The average molecular weight is 190 g/mol. The van der Waals surface area contributed by atoms with Crippen molar-refractivity contribution in [2.24, 2.45) is 11.3 Å². The first-order valence-electron chi connectivity index (χ1n) is 5.51. The van der Waals surface area contributed by atoms with Crippen molar-refractivity contribution in [3.05, 3.63) is 23.8 Å². The molecule has 2 fully saturated rings. The van der Waals surface area contributed by atoms with Crippen LogP contribution in [0, 0.1) is 11.3 Å². The van der Waals surface area contributed by atoms with E-state index in [1.807, 2.05) is 6.92 Å². The van der Waals surface area contributed by atoms with Crippen molar-refractivity contribution in [3.8, 4) is 0 Å². The van der Waals surface area contributed by atoms with E-state index in [0.29, 0.717) is 17.1 Å². The summed E-state index contributed by atoms with van der Waals surface area (Å²) in [6.45, 7) is 4.26. The van der Waals surface area contributed by atoms with Crippen LogP contribution < -0.4 is 0 Å². The Labute approximate surface area is 85.9 Å². The highest BCUT2D eigenvalue weighted by molar-refractivity contribution is 5.80. The molecule has 0 radical (unpaired) electrons. The van der Waals surface area contributed by atoms with E-state index in [9.17, 15) is 4.79 Å². The largest absolute Gasteiger partial charge is 0.300 e. The number of rotatable bonds is 2. The van der Waals surface area contributed by atoms with Crippen molar-refractivity contribution >= 4 is 5.78 Å². The molecule has 76 valence electrons. The molecule has 0 heterocycles. The van der Waals surface area contributed by atoms with Crippen molar-refractivity contribution < 1.29 is 4.79 Å². The third kappa shape index (κ3) is 1.45.